The van der Waals surface area contributed by atoms with Crippen LogP contribution in [0.2, 0.25) is 5.02 Å². The van der Waals surface area contributed by atoms with Gasteiger partial charge in [-0.05, 0) is 56.2 Å². The van der Waals surface area contributed by atoms with Crippen molar-refractivity contribution in [2.75, 3.05) is 6.61 Å². The van der Waals surface area contributed by atoms with Gasteiger partial charge in [-0.25, -0.2) is 0 Å². The summed E-state index contributed by atoms with van der Waals surface area (Å²) in [5.74, 6) is 0.629. The van der Waals surface area contributed by atoms with Crippen molar-refractivity contribution in [3.63, 3.8) is 0 Å². The van der Waals surface area contributed by atoms with Crippen LogP contribution in [-0.4, -0.2) is 23.9 Å². The summed E-state index contributed by atoms with van der Waals surface area (Å²) in [5, 5.41) is 10.8. The van der Waals surface area contributed by atoms with Crippen molar-refractivity contribution in [1.82, 2.24) is 0 Å². The first-order valence-electron chi connectivity index (χ1n) is 6.71. The van der Waals surface area contributed by atoms with E-state index < -0.39 is 0 Å². The SMILES string of the molecule is CCOC1CC(CC(O)Cc2ccc(Cl)cc2)C1. The van der Waals surface area contributed by atoms with Crippen molar-refractivity contribution in [3.05, 3.63) is 34.9 Å². The van der Waals surface area contributed by atoms with Gasteiger partial charge in [0.25, 0.3) is 0 Å². The number of rotatable bonds is 6. The maximum Gasteiger partial charge on any atom is 0.0583 e. The minimum atomic E-state index is -0.251. The summed E-state index contributed by atoms with van der Waals surface area (Å²) in [7, 11) is 0. The van der Waals surface area contributed by atoms with Crippen LogP contribution >= 0.6 is 11.6 Å². The lowest BCUT2D eigenvalue weighted by molar-refractivity contribution is -0.0375. The summed E-state index contributed by atoms with van der Waals surface area (Å²) >= 11 is 5.83. The Morgan fingerprint density at radius 1 is 1.33 bits per heavy atom. The molecule has 18 heavy (non-hydrogen) atoms. The number of hydrogen-bond acceptors (Lipinski definition) is 2. The average molecular weight is 269 g/mol. The van der Waals surface area contributed by atoms with Crippen LogP contribution in [-0.2, 0) is 11.2 Å². The van der Waals surface area contributed by atoms with Crippen molar-refractivity contribution in [2.45, 2.75) is 44.8 Å². The molecule has 3 heteroatoms. The van der Waals surface area contributed by atoms with Crippen LogP contribution < -0.4 is 0 Å². The second-order valence-corrected chi connectivity index (χ2v) is 5.57. The Morgan fingerprint density at radius 3 is 2.61 bits per heavy atom. The van der Waals surface area contributed by atoms with Gasteiger partial charge < -0.3 is 9.84 Å². The Morgan fingerprint density at radius 2 is 2.00 bits per heavy atom. The van der Waals surface area contributed by atoms with Crippen LogP contribution in [0.3, 0.4) is 0 Å². The number of benzene rings is 1. The Hall–Kier alpha value is -0.570. The third kappa shape index (κ3) is 3.98. The second-order valence-electron chi connectivity index (χ2n) is 5.13. The molecule has 0 heterocycles. The molecule has 1 fully saturated rings. The van der Waals surface area contributed by atoms with Gasteiger partial charge in [-0.3, -0.25) is 0 Å². The summed E-state index contributed by atoms with van der Waals surface area (Å²) in [4.78, 5) is 0. The Kier molecular flexibility index (Phi) is 5.04. The fourth-order valence-electron chi connectivity index (χ4n) is 2.60. The highest BCUT2D eigenvalue weighted by Gasteiger charge is 2.30. The van der Waals surface area contributed by atoms with Crippen LogP contribution in [0.15, 0.2) is 24.3 Å². The van der Waals surface area contributed by atoms with Gasteiger partial charge >= 0.3 is 0 Å². The first kappa shape index (κ1) is 13.9. The molecule has 1 aromatic carbocycles. The van der Waals surface area contributed by atoms with Crippen molar-refractivity contribution in [1.29, 1.82) is 0 Å². The lowest BCUT2D eigenvalue weighted by atomic mass is 9.78. The minimum Gasteiger partial charge on any atom is -0.393 e. The number of aliphatic hydroxyl groups excluding tert-OH is 1. The molecule has 0 radical (unpaired) electrons. The first-order valence-corrected chi connectivity index (χ1v) is 7.09. The van der Waals surface area contributed by atoms with Gasteiger partial charge in [0.15, 0.2) is 0 Å². The molecule has 2 nitrogen and oxygen atoms in total. The van der Waals surface area contributed by atoms with Crippen LogP contribution in [0.25, 0.3) is 0 Å². The minimum absolute atomic E-state index is 0.251. The third-order valence-electron chi connectivity index (χ3n) is 3.58. The fraction of sp³-hybridized carbons (Fsp3) is 0.600. The van der Waals surface area contributed by atoms with E-state index in [0.29, 0.717) is 18.4 Å². The van der Waals surface area contributed by atoms with E-state index in [-0.39, 0.29) is 6.10 Å². The zero-order chi connectivity index (χ0) is 13.0. The number of hydrogen-bond donors (Lipinski definition) is 1. The van der Waals surface area contributed by atoms with E-state index in [1.54, 1.807) is 0 Å². The van der Waals surface area contributed by atoms with E-state index in [1.807, 2.05) is 31.2 Å². The van der Waals surface area contributed by atoms with E-state index in [4.69, 9.17) is 16.3 Å². The second kappa shape index (κ2) is 6.55. The highest BCUT2D eigenvalue weighted by Crippen LogP contribution is 2.34. The Bertz CT molecular complexity index is 357. The molecule has 1 aliphatic rings. The van der Waals surface area contributed by atoms with Gasteiger partial charge in [-0.2, -0.15) is 0 Å². The predicted molar refractivity (Wildman–Crippen MR) is 73.9 cm³/mol. The van der Waals surface area contributed by atoms with Crippen molar-refractivity contribution < 1.29 is 9.84 Å². The molecule has 0 amide bonds. The molecule has 0 spiro atoms. The molecule has 1 atom stereocenters. The van der Waals surface area contributed by atoms with E-state index in [1.165, 1.54) is 0 Å². The van der Waals surface area contributed by atoms with Crippen LogP contribution in [0.4, 0.5) is 0 Å². The third-order valence-corrected chi connectivity index (χ3v) is 3.84. The lowest BCUT2D eigenvalue weighted by Gasteiger charge is -2.36. The monoisotopic (exact) mass is 268 g/mol. The van der Waals surface area contributed by atoms with Gasteiger partial charge in [0.05, 0.1) is 12.2 Å². The quantitative estimate of drug-likeness (QED) is 0.856. The number of halogens is 1. The van der Waals surface area contributed by atoms with Crippen LogP contribution in [0.5, 0.6) is 0 Å². The van der Waals surface area contributed by atoms with Gasteiger partial charge in [-0.1, -0.05) is 23.7 Å². The topological polar surface area (TPSA) is 29.5 Å². The van der Waals surface area contributed by atoms with Gasteiger partial charge in [0.1, 0.15) is 0 Å². The maximum absolute atomic E-state index is 10.0. The van der Waals surface area contributed by atoms with Crippen molar-refractivity contribution >= 4 is 11.6 Å². The fourth-order valence-corrected chi connectivity index (χ4v) is 2.73. The smallest absolute Gasteiger partial charge is 0.0583 e. The zero-order valence-electron chi connectivity index (χ0n) is 10.8. The van der Waals surface area contributed by atoms with E-state index >= 15 is 0 Å². The number of ether oxygens (including phenoxy) is 1. The molecule has 1 unspecified atom stereocenters. The van der Waals surface area contributed by atoms with E-state index in [0.717, 1.165) is 36.5 Å². The zero-order valence-corrected chi connectivity index (χ0v) is 11.6. The molecular formula is C15H21ClO2. The Balaban J connectivity index is 1.70. The van der Waals surface area contributed by atoms with Gasteiger partial charge in [-0.15, -0.1) is 0 Å². The highest BCUT2D eigenvalue weighted by molar-refractivity contribution is 6.30. The van der Waals surface area contributed by atoms with Crippen LogP contribution in [0, 0.1) is 5.92 Å². The van der Waals surface area contributed by atoms with Crippen molar-refractivity contribution in [2.24, 2.45) is 5.92 Å². The van der Waals surface area contributed by atoms with Gasteiger partial charge in [0.2, 0.25) is 0 Å². The maximum atomic E-state index is 10.0. The molecule has 0 saturated heterocycles. The first-order chi connectivity index (χ1) is 8.67. The summed E-state index contributed by atoms with van der Waals surface area (Å²) in [5.41, 5.74) is 1.15. The van der Waals surface area contributed by atoms with E-state index in [9.17, 15) is 5.11 Å². The molecule has 100 valence electrons. The Labute approximate surface area is 114 Å². The average Bonchev–Trinajstić information content (AvgIpc) is 2.29. The van der Waals surface area contributed by atoms with Crippen LogP contribution in [0.1, 0.15) is 31.7 Å². The van der Waals surface area contributed by atoms with Gasteiger partial charge in [0, 0.05) is 11.6 Å². The van der Waals surface area contributed by atoms with E-state index in [2.05, 4.69) is 0 Å². The molecular weight excluding hydrogens is 248 g/mol. The normalized spacial score (nSPS) is 24.6. The molecule has 0 bridgehead atoms. The highest BCUT2D eigenvalue weighted by atomic mass is 35.5. The molecule has 2 rings (SSSR count). The van der Waals surface area contributed by atoms with Crippen molar-refractivity contribution in [3.8, 4) is 0 Å². The summed E-state index contributed by atoms with van der Waals surface area (Å²) in [6.07, 6.45) is 3.98. The summed E-state index contributed by atoms with van der Waals surface area (Å²) in [6, 6.07) is 7.71. The molecule has 0 aromatic heterocycles. The summed E-state index contributed by atoms with van der Waals surface area (Å²) in [6.45, 7) is 2.83. The summed E-state index contributed by atoms with van der Waals surface area (Å²) < 4.78 is 5.52. The molecule has 1 N–H and O–H groups in total. The lowest BCUT2D eigenvalue weighted by Crippen LogP contribution is -2.34. The molecule has 1 aliphatic carbocycles. The standard InChI is InChI=1S/C15H21ClO2/c1-2-18-15-9-12(10-15)8-14(17)7-11-3-5-13(16)6-4-11/h3-6,12,14-15,17H,2,7-10H2,1H3. The molecule has 1 aromatic rings. The largest absolute Gasteiger partial charge is 0.393 e. The number of aliphatic hydroxyl groups is 1. The predicted octanol–water partition coefficient (Wildman–Crippen LogP) is 3.45. The molecule has 0 aliphatic heterocycles. The molecule has 1 saturated carbocycles.